The van der Waals surface area contributed by atoms with Gasteiger partial charge >= 0.3 is 11.9 Å². The number of benzene rings is 2. The smallest absolute Gasteiger partial charge is 0.308 e. The highest BCUT2D eigenvalue weighted by atomic mass is 16.6. The molecular formula is C72H122N12O16. The van der Waals surface area contributed by atoms with E-state index in [1.807, 2.05) is 59.7 Å². The number of aliphatic hydroxyl groups is 1. The fraction of sp³-hybridized carbons (Fsp3) is 0.694. The zero-order valence-electron chi connectivity index (χ0n) is 61.8. The van der Waals surface area contributed by atoms with E-state index in [4.69, 9.17) is 88.9 Å². The van der Waals surface area contributed by atoms with Gasteiger partial charge in [0, 0.05) is 67.7 Å². The van der Waals surface area contributed by atoms with Crippen LogP contribution in [0.25, 0.3) is 43.9 Å². The van der Waals surface area contributed by atoms with Gasteiger partial charge in [0.2, 0.25) is 0 Å². The number of hydrogen-bond acceptors (Lipinski definition) is 26. The van der Waals surface area contributed by atoms with E-state index in [0.29, 0.717) is 149 Å². The molecule has 2 aromatic carbocycles. The lowest BCUT2D eigenvalue weighted by atomic mass is 10.1. The summed E-state index contributed by atoms with van der Waals surface area (Å²) in [5.74, 6) is 2.44. The SMILES string of the molecule is CC(C)(C)OC(=O)CCOCCO.CCCCc1nc2c([nH]1)c(N)nc1ccc(N)cc12.CCCCc1nc2c([nH]1)c(N)nc1ccc(N3CCNCC3)cc12.CCN(CC)CCOCCOCCOCCOCCOCCOCCOCCOCCOCCOCCC(=O)OC(C)(C)C. The summed E-state index contributed by atoms with van der Waals surface area (Å²) < 4.78 is 69.8. The standard InChI is InChI=1S/C31H63NO12.C18H24N6.C14H17N5.C9H18O4/c1-6-32(7-2)9-11-35-13-15-37-17-19-39-21-23-41-25-27-43-29-28-42-26-24-40-22-20-38-18-16-36-14-12-34-10-8-30(33)44-31(3,4)5;1-2-3-4-15-22-16-13-11-12(24-9-7-20-8-10-24)5-6-14(13)21-18(19)17(16)23-15;1-2-3-4-11-18-12-9-7-8(15)5-6-10(9)17-14(16)13(12)19-11;1-9(2,3)13-8(11)4-6-12-7-5-10/h6-29H2,1-5H3;5-6,11,20H,2-4,7-10H2,1H3,(H2,19,21)(H,22,23);5-7H,2-4,15H2,1H3,(H2,16,17)(H,18,19);10H,4-7H2,1-3H3. The third kappa shape index (κ3) is 37.1. The molecule has 10 N–H and O–H groups in total. The first-order valence-electron chi connectivity index (χ1n) is 35.8. The van der Waals surface area contributed by atoms with Gasteiger partial charge in [-0.25, -0.2) is 19.9 Å². The number of unbranched alkanes of at least 4 members (excludes halogenated alkanes) is 2. The molecule has 100 heavy (non-hydrogen) atoms. The summed E-state index contributed by atoms with van der Waals surface area (Å²) in [6.07, 6.45) is 6.86. The van der Waals surface area contributed by atoms with E-state index < -0.39 is 11.2 Å². The average Bonchev–Trinajstić information content (AvgIpc) is 1.57. The fourth-order valence-corrected chi connectivity index (χ4v) is 9.75. The first-order chi connectivity index (χ1) is 48.3. The molecule has 28 nitrogen and oxygen atoms in total. The number of hydrogen-bond donors (Lipinski definition) is 7. The highest BCUT2D eigenvalue weighted by molar-refractivity contribution is 6.08. The molecule has 1 aliphatic rings. The number of aromatic amines is 2. The number of nitrogens with one attached hydrogen (secondary N) is 3. The van der Waals surface area contributed by atoms with Crippen molar-refractivity contribution in [3.63, 3.8) is 0 Å². The second-order valence-electron chi connectivity index (χ2n) is 25.4. The highest BCUT2D eigenvalue weighted by Gasteiger charge is 2.19. The van der Waals surface area contributed by atoms with Gasteiger partial charge in [0.25, 0.3) is 0 Å². The highest BCUT2D eigenvalue weighted by Crippen LogP contribution is 2.31. The third-order valence-corrected chi connectivity index (χ3v) is 14.8. The van der Waals surface area contributed by atoms with Crippen LogP contribution in [0.5, 0.6) is 0 Å². The third-order valence-electron chi connectivity index (χ3n) is 14.8. The predicted octanol–water partition coefficient (Wildman–Crippen LogP) is 8.02. The van der Waals surface area contributed by atoms with E-state index in [-0.39, 0.29) is 38.0 Å². The van der Waals surface area contributed by atoms with Crippen molar-refractivity contribution < 1.29 is 76.3 Å². The Hall–Kier alpha value is -6.22. The number of carbonyl (C=O) groups excluding carboxylic acids is 2. The van der Waals surface area contributed by atoms with E-state index in [1.54, 1.807) is 0 Å². The van der Waals surface area contributed by atoms with Crippen molar-refractivity contribution in [2.75, 3.05) is 220 Å². The molecule has 0 spiro atoms. The Balaban J connectivity index is 0.000000313. The Labute approximate surface area is 592 Å². The number of nitrogen functional groups attached to an aromatic ring is 3. The second kappa shape index (κ2) is 51.0. The maximum Gasteiger partial charge on any atom is 0.308 e. The van der Waals surface area contributed by atoms with Gasteiger partial charge in [-0.1, -0.05) is 40.5 Å². The van der Waals surface area contributed by atoms with Crippen molar-refractivity contribution in [3.8, 4) is 0 Å². The molecule has 0 aliphatic carbocycles. The van der Waals surface area contributed by atoms with Crippen molar-refractivity contribution in [1.82, 2.24) is 40.1 Å². The van der Waals surface area contributed by atoms with Crippen LogP contribution in [-0.2, 0) is 84.0 Å². The predicted molar refractivity (Wildman–Crippen MR) is 393 cm³/mol. The summed E-state index contributed by atoms with van der Waals surface area (Å²) in [4.78, 5) is 52.4. The zero-order valence-corrected chi connectivity index (χ0v) is 61.8. The Bertz CT molecular complexity index is 3130. The van der Waals surface area contributed by atoms with Gasteiger partial charge in [0.1, 0.15) is 56.6 Å². The van der Waals surface area contributed by atoms with Gasteiger partial charge in [0.05, 0.1) is 176 Å². The zero-order chi connectivity index (χ0) is 72.6. The molecule has 1 fully saturated rings. The maximum absolute atomic E-state index is 11.6. The van der Waals surface area contributed by atoms with Crippen LogP contribution < -0.4 is 27.4 Å². The molecule has 0 unspecified atom stereocenters. The average molecular weight is 1410 g/mol. The van der Waals surface area contributed by atoms with Crippen molar-refractivity contribution in [3.05, 3.63) is 48.0 Å². The number of ether oxygens (including phenoxy) is 13. The van der Waals surface area contributed by atoms with E-state index in [0.717, 1.165) is 146 Å². The van der Waals surface area contributed by atoms with Crippen LogP contribution in [-0.4, -0.2) is 261 Å². The molecular weight excluding hydrogens is 1290 g/mol. The number of anilines is 4. The van der Waals surface area contributed by atoms with Crippen LogP contribution in [0.3, 0.4) is 0 Å². The summed E-state index contributed by atoms with van der Waals surface area (Å²) in [5.41, 5.74) is 24.2. The first-order valence-corrected chi connectivity index (χ1v) is 35.8. The number of aromatic nitrogens is 6. The lowest BCUT2D eigenvalue weighted by Gasteiger charge is -2.29. The van der Waals surface area contributed by atoms with Crippen LogP contribution in [0.4, 0.5) is 23.0 Å². The number of aryl methyl sites for hydroxylation is 2. The van der Waals surface area contributed by atoms with E-state index in [9.17, 15) is 9.59 Å². The molecule has 0 amide bonds. The van der Waals surface area contributed by atoms with Gasteiger partial charge in [-0.15, -0.1) is 0 Å². The molecule has 566 valence electrons. The number of piperazine rings is 1. The quantitative estimate of drug-likeness (QED) is 0.0108. The first kappa shape index (κ1) is 86.2. The molecule has 5 heterocycles. The number of esters is 2. The molecule has 0 atom stereocenters. The van der Waals surface area contributed by atoms with Gasteiger partial charge < -0.3 is 109 Å². The summed E-state index contributed by atoms with van der Waals surface area (Å²) in [6, 6.07) is 12.0. The van der Waals surface area contributed by atoms with Crippen LogP contribution >= 0.6 is 0 Å². The number of fused-ring (bicyclic) bond motifs is 6. The van der Waals surface area contributed by atoms with Crippen LogP contribution in [0, 0.1) is 0 Å². The Morgan fingerprint density at radius 1 is 0.490 bits per heavy atom. The molecule has 0 radical (unpaired) electrons. The summed E-state index contributed by atoms with van der Waals surface area (Å²) in [6.45, 7) is 37.6. The minimum absolute atomic E-state index is 0.0195. The molecule has 0 bridgehead atoms. The number of aliphatic hydroxyl groups excluding tert-OH is 1. The molecule has 1 aliphatic heterocycles. The summed E-state index contributed by atoms with van der Waals surface area (Å²) in [7, 11) is 0. The number of imidazole rings is 2. The normalized spacial score (nSPS) is 12.6. The van der Waals surface area contributed by atoms with Crippen LogP contribution in [0.15, 0.2) is 36.4 Å². The monoisotopic (exact) mass is 1410 g/mol. The minimum atomic E-state index is -0.471. The number of rotatable bonds is 47. The Morgan fingerprint density at radius 3 is 1.22 bits per heavy atom. The number of pyridine rings is 2. The molecule has 0 saturated carbocycles. The molecule has 4 aromatic heterocycles. The Morgan fingerprint density at radius 2 is 0.850 bits per heavy atom. The number of nitrogens with two attached hydrogens (primary N) is 3. The van der Waals surface area contributed by atoms with Crippen molar-refractivity contribution >= 4 is 78.8 Å². The lowest BCUT2D eigenvalue weighted by molar-refractivity contribution is -0.157. The molecule has 28 heteroatoms. The summed E-state index contributed by atoms with van der Waals surface area (Å²) in [5, 5.41) is 13.8. The van der Waals surface area contributed by atoms with Gasteiger partial charge in [-0.3, -0.25) is 9.59 Å². The fourth-order valence-electron chi connectivity index (χ4n) is 9.75. The van der Waals surface area contributed by atoms with Crippen molar-refractivity contribution in [2.45, 2.75) is 132 Å². The molecule has 6 aromatic rings. The molecule has 1 saturated heterocycles. The van der Waals surface area contributed by atoms with Crippen molar-refractivity contribution in [1.29, 1.82) is 0 Å². The van der Waals surface area contributed by atoms with Crippen LogP contribution in [0.1, 0.15) is 119 Å². The van der Waals surface area contributed by atoms with E-state index in [1.165, 1.54) is 5.69 Å². The van der Waals surface area contributed by atoms with Gasteiger partial charge in [-0.05, 0) is 104 Å². The van der Waals surface area contributed by atoms with Gasteiger partial charge in [-0.2, -0.15) is 0 Å². The van der Waals surface area contributed by atoms with Crippen molar-refractivity contribution in [2.24, 2.45) is 0 Å². The van der Waals surface area contributed by atoms with E-state index in [2.05, 4.69) is 85.9 Å². The number of nitrogens with zero attached hydrogens (tertiary/aromatic N) is 6. The van der Waals surface area contributed by atoms with Gasteiger partial charge in [0.15, 0.2) is 0 Å². The number of H-pyrrole nitrogens is 2. The Kier molecular flexibility index (Phi) is 44.0. The second-order valence-corrected chi connectivity index (χ2v) is 25.4. The number of carbonyl (C=O) groups is 2. The maximum atomic E-state index is 11.6. The van der Waals surface area contributed by atoms with E-state index >= 15 is 0 Å². The minimum Gasteiger partial charge on any atom is -0.460 e. The largest absolute Gasteiger partial charge is 0.460 e. The summed E-state index contributed by atoms with van der Waals surface area (Å²) >= 11 is 0. The van der Waals surface area contributed by atoms with Crippen LogP contribution in [0.2, 0.25) is 0 Å². The molecule has 7 rings (SSSR count). The topological polar surface area (TPSA) is 354 Å². The number of likely N-dealkylation sites (N-methyl/N-ethyl adjacent to an activating group) is 1. The lowest BCUT2D eigenvalue weighted by Crippen LogP contribution is -2.43.